The first-order valence-electron chi connectivity index (χ1n) is 6.82. The van der Waals surface area contributed by atoms with E-state index in [0.717, 1.165) is 19.3 Å². The van der Waals surface area contributed by atoms with Gasteiger partial charge in [-0.15, -0.1) is 0 Å². The molecule has 7 heteroatoms. The van der Waals surface area contributed by atoms with E-state index in [4.69, 9.17) is 10.00 Å². The molecule has 0 aliphatic heterocycles. The Morgan fingerprint density at radius 1 is 1.11 bits per heavy atom. The minimum Gasteiger partial charge on any atom is -0.756 e. The van der Waals surface area contributed by atoms with E-state index in [1.54, 1.807) is 0 Å². The van der Waals surface area contributed by atoms with Gasteiger partial charge in [-0.25, -0.2) is 0 Å². The maximum Gasteiger partial charge on any atom is 0.265 e. The third-order valence-corrected chi connectivity index (χ3v) is 3.43. The third kappa shape index (κ3) is 16.9. The Kier molecular flexibility index (Phi) is 16.3. The Bertz CT molecular complexity index is 234. The molecule has 19 heavy (non-hydrogen) atoms. The number of phosphoric acid groups is 1. The second kappa shape index (κ2) is 13.9. The quantitative estimate of drug-likeness (QED) is 0.405. The maximum atomic E-state index is 10.5. The molecule has 0 radical (unpaired) electrons. The van der Waals surface area contributed by atoms with Crippen molar-refractivity contribution in [2.75, 3.05) is 6.61 Å². The van der Waals surface area contributed by atoms with Gasteiger partial charge in [0.05, 0.1) is 12.7 Å². The predicted molar refractivity (Wildman–Crippen MR) is 69.0 cm³/mol. The van der Waals surface area contributed by atoms with Crippen molar-refractivity contribution in [2.24, 2.45) is 0 Å². The number of aliphatic hydroxyl groups excluding tert-OH is 1. The molecular formula is C12H26O5PZr-. The summed E-state index contributed by atoms with van der Waals surface area (Å²) < 4.78 is 14.8. The van der Waals surface area contributed by atoms with Crippen LogP contribution in [0.2, 0.25) is 0 Å². The molecule has 114 valence electrons. The molecule has 0 aliphatic carbocycles. The van der Waals surface area contributed by atoms with E-state index >= 15 is 0 Å². The Balaban J connectivity index is 0. The van der Waals surface area contributed by atoms with Gasteiger partial charge in [0.15, 0.2) is 0 Å². The van der Waals surface area contributed by atoms with Crippen molar-refractivity contribution < 1.29 is 50.2 Å². The zero-order valence-electron chi connectivity index (χ0n) is 11.7. The Morgan fingerprint density at radius 2 is 1.58 bits per heavy atom. The summed E-state index contributed by atoms with van der Waals surface area (Å²) in [5.41, 5.74) is 0. The average molecular weight is 373 g/mol. The summed E-state index contributed by atoms with van der Waals surface area (Å²) in [6.45, 7) is 1.80. The zero-order chi connectivity index (χ0) is 13.9. The van der Waals surface area contributed by atoms with Crippen LogP contribution in [-0.2, 0) is 35.3 Å². The summed E-state index contributed by atoms with van der Waals surface area (Å²) in [6, 6.07) is 0. The largest absolute Gasteiger partial charge is 0.756 e. The standard InChI is InChI=1S/C12H27O5P.Zr/c1-2-3-4-5-6-7-8-9-10-12(11-13)17-18(14,15)16;/h12-13H,2-11H2,1H3,(H2,14,15,16);/p-1. The number of rotatable bonds is 12. The maximum absolute atomic E-state index is 10.5. The molecule has 0 heterocycles. The predicted octanol–water partition coefficient (Wildman–Crippen LogP) is 2.35. The van der Waals surface area contributed by atoms with Crippen LogP contribution in [0.1, 0.15) is 64.7 Å². The average Bonchev–Trinajstić information content (AvgIpc) is 2.29. The number of hydrogen-bond acceptors (Lipinski definition) is 4. The number of unbranched alkanes of at least 4 members (excludes halogenated alkanes) is 7. The van der Waals surface area contributed by atoms with Crippen molar-refractivity contribution in [1.82, 2.24) is 0 Å². The number of phosphoric ester groups is 1. The molecule has 0 aromatic heterocycles. The molecule has 0 aromatic carbocycles. The van der Waals surface area contributed by atoms with E-state index < -0.39 is 13.9 Å². The van der Waals surface area contributed by atoms with E-state index in [-0.39, 0.29) is 32.8 Å². The molecule has 2 unspecified atom stereocenters. The summed E-state index contributed by atoms with van der Waals surface area (Å²) in [6.07, 6.45) is 8.83. The fraction of sp³-hybridized carbons (Fsp3) is 1.00. The van der Waals surface area contributed by atoms with Crippen molar-refractivity contribution in [2.45, 2.75) is 70.8 Å². The Labute approximate surface area is 135 Å². The van der Waals surface area contributed by atoms with Crippen LogP contribution < -0.4 is 4.89 Å². The van der Waals surface area contributed by atoms with Crippen molar-refractivity contribution in [3.8, 4) is 0 Å². The van der Waals surface area contributed by atoms with Gasteiger partial charge in [-0.1, -0.05) is 58.3 Å². The van der Waals surface area contributed by atoms with Crippen molar-refractivity contribution >= 4 is 7.82 Å². The van der Waals surface area contributed by atoms with E-state index in [0.29, 0.717) is 6.42 Å². The summed E-state index contributed by atoms with van der Waals surface area (Å²) in [7, 11) is -4.72. The van der Waals surface area contributed by atoms with Gasteiger partial charge in [-0.3, -0.25) is 4.57 Å². The van der Waals surface area contributed by atoms with Gasteiger partial charge < -0.3 is 19.4 Å². The van der Waals surface area contributed by atoms with Crippen molar-refractivity contribution in [3.05, 3.63) is 0 Å². The van der Waals surface area contributed by atoms with Gasteiger partial charge in [0, 0.05) is 26.2 Å². The first kappa shape index (κ1) is 22.2. The molecule has 0 amide bonds. The van der Waals surface area contributed by atoms with Crippen LogP contribution in [0.5, 0.6) is 0 Å². The van der Waals surface area contributed by atoms with Crippen molar-refractivity contribution in [3.63, 3.8) is 0 Å². The number of aliphatic hydroxyl groups is 1. The molecule has 0 rings (SSSR count). The molecule has 0 bridgehead atoms. The van der Waals surface area contributed by atoms with E-state index in [9.17, 15) is 9.46 Å². The molecule has 0 aromatic rings. The van der Waals surface area contributed by atoms with Crippen molar-refractivity contribution in [1.29, 1.82) is 0 Å². The monoisotopic (exact) mass is 371 g/mol. The van der Waals surface area contributed by atoms with Gasteiger partial charge in [0.1, 0.15) is 0 Å². The van der Waals surface area contributed by atoms with Crippen LogP contribution in [-0.4, -0.2) is 22.7 Å². The summed E-state index contributed by atoms with van der Waals surface area (Å²) in [5, 5.41) is 8.89. The van der Waals surface area contributed by atoms with Gasteiger partial charge in [0.2, 0.25) is 0 Å². The number of hydrogen-bond donors (Lipinski definition) is 2. The second-order valence-corrected chi connectivity index (χ2v) is 5.79. The van der Waals surface area contributed by atoms with Gasteiger partial charge in [0.25, 0.3) is 7.82 Å². The third-order valence-electron chi connectivity index (χ3n) is 2.87. The molecule has 0 saturated heterocycles. The summed E-state index contributed by atoms with van der Waals surface area (Å²) >= 11 is 0. The first-order valence-corrected chi connectivity index (χ1v) is 8.32. The smallest absolute Gasteiger partial charge is 0.265 e. The van der Waals surface area contributed by atoms with E-state index in [1.807, 2.05) is 0 Å². The minimum atomic E-state index is -4.72. The SMILES string of the molecule is CCCCCCCCCCC(CO)OP(=O)([O-])O.[Zr]. The van der Waals surface area contributed by atoms with Gasteiger partial charge in [-0.05, 0) is 6.42 Å². The first-order chi connectivity index (χ1) is 8.49. The summed E-state index contributed by atoms with van der Waals surface area (Å²) in [4.78, 5) is 19.0. The molecule has 0 aliphatic rings. The summed E-state index contributed by atoms with van der Waals surface area (Å²) in [5.74, 6) is 0. The normalized spacial score (nSPS) is 15.6. The van der Waals surface area contributed by atoms with Crippen LogP contribution in [0.25, 0.3) is 0 Å². The fourth-order valence-electron chi connectivity index (χ4n) is 1.87. The molecule has 0 saturated carbocycles. The zero-order valence-corrected chi connectivity index (χ0v) is 15.1. The minimum absolute atomic E-state index is 0. The molecule has 5 nitrogen and oxygen atoms in total. The molecule has 2 N–H and O–H groups in total. The van der Waals surface area contributed by atoms with Gasteiger partial charge >= 0.3 is 0 Å². The molecular weight excluding hydrogens is 346 g/mol. The van der Waals surface area contributed by atoms with Gasteiger partial charge in [-0.2, -0.15) is 0 Å². The van der Waals surface area contributed by atoms with Crippen LogP contribution >= 0.6 is 7.82 Å². The molecule has 2 atom stereocenters. The van der Waals surface area contributed by atoms with Crippen LogP contribution in [0.3, 0.4) is 0 Å². The molecule has 0 fully saturated rings. The van der Waals surface area contributed by atoms with Crippen LogP contribution in [0.15, 0.2) is 0 Å². The topological polar surface area (TPSA) is 89.8 Å². The fourth-order valence-corrected chi connectivity index (χ4v) is 2.42. The Morgan fingerprint density at radius 3 is 2.00 bits per heavy atom. The molecule has 0 spiro atoms. The van der Waals surface area contributed by atoms with Crippen LogP contribution in [0, 0.1) is 0 Å². The van der Waals surface area contributed by atoms with E-state index in [1.165, 1.54) is 32.1 Å². The Hall–Kier alpha value is 0.953. The van der Waals surface area contributed by atoms with Crippen LogP contribution in [0.4, 0.5) is 0 Å². The van der Waals surface area contributed by atoms with E-state index in [2.05, 4.69) is 11.4 Å². The second-order valence-electron chi connectivity index (χ2n) is 4.64.